The SMILES string of the molecule is N#C/C(=C/c1ccccc1OCc1ccc(I)cc1)C(=O)Nc1cccc(Cl)c1Cl. The number of nitriles is 1. The molecular formula is C23H15Cl2IN2O2. The molecule has 0 atom stereocenters. The zero-order chi connectivity index (χ0) is 21.5. The van der Waals surface area contributed by atoms with E-state index in [9.17, 15) is 10.1 Å². The lowest BCUT2D eigenvalue weighted by atomic mass is 10.1. The van der Waals surface area contributed by atoms with Crippen molar-refractivity contribution in [2.24, 2.45) is 0 Å². The highest BCUT2D eigenvalue weighted by atomic mass is 127. The summed E-state index contributed by atoms with van der Waals surface area (Å²) in [7, 11) is 0. The summed E-state index contributed by atoms with van der Waals surface area (Å²) in [6, 6.07) is 22.0. The first-order valence-corrected chi connectivity index (χ1v) is 10.6. The number of anilines is 1. The van der Waals surface area contributed by atoms with E-state index in [-0.39, 0.29) is 10.6 Å². The Morgan fingerprint density at radius 1 is 1.07 bits per heavy atom. The van der Waals surface area contributed by atoms with Gasteiger partial charge >= 0.3 is 0 Å². The number of nitrogens with zero attached hydrogens (tertiary/aromatic N) is 1. The molecule has 0 aliphatic carbocycles. The van der Waals surface area contributed by atoms with E-state index in [1.54, 1.807) is 30.3 Å². The zero-order valence-corrected chi connectivity index (χ0v) is 19.2. The van der Waals surface area contributed by atoms with Gasteiger partial charge in [0, 0.05) is 9.13 Å². The summed E-state index contributed by atoms with van der Waals surface area (Å²) < 4.78 is 7.06. The fourth-order valence-corrected chi connectivity index (χ4v) is 3.27. The van der Waals surface area contributed by atoms with Gasteiger partial charge in [0.15, 0.2) is 0 Å². The molecule has 30 heavy (non-hydrogen) atoms. The Labute approximate surface area is 198 Å². The minimum atomic E-state index is -0.589. The van der Waals surface area contributed by atoms with Crippen LogP contribution in [0.4, 0.5) is 5.69 Å². The van der Waals surface area contributed by atoms with Crippen molar-refractivity contribution in [1.82, 2.24) is 0 Å². The second kappa shape index (κ2) is 10.5. The third kappa shape index (κ3) is 5.76. The summed E-state index contributed by atoms with van der Waals surface area (Å²) in [6.07, 6.45) is 1.48. The number of benzene rings is 3. The van der Waals surface area contributed by atoms with E-state index in [1.165, 1.54) is 6.08 Å². The fraction of sp³-hybridized carbons (Fsp3) is 0.0435. The van der Waals surface area contributed by atoms with Gasteiger partial charge in [-0.1, -0.05) is 59.6 Å². The van der Waals surface area contributed by atoms with Gasteiger partial charge in [-0.05, 0) is 64.6 Å². The minimum absolute atomic E-state index is 0.0867. The van der Waals surface area contributed by atoms with Crippen molar-refractivity contribution in [3.63, 3.8) is 0 Å². The third-order valence-electron chi connectivity index (χ3n) is 4.09. The van der Waals surface area contributed by atoms with E-state index >= 15 is 0 Å². The number of para-hydroxylation sites is 1. The van der Waals surface area contributed by atoms with Gasteiger partial charge in [-0.3, -0.25) is 4.79 Å². The average molecular weight is 549 g/mol. The summed E-state index contributed by atoms with van der Waals surface area (Å²) in [6.45, 7) is 0.369. The molecule has 0 saturated heterocycles. The van der Waals surface area contributed by atoms with Gasteiger partial charge in [0.25, 0.3) is 5.91 Å². The summed E-state index contributed by atoms with van der Waals surface area (Å²) in [5.41, 5.74) is 1.88. The van der Waals surface area contributed by atoms with Crippen molar-refractivity contribution in [1.29, 1.82) is 5.26 Å². The Kier molecular flexibility index (Phi) is 7.75. The molecule has 0 radical (unpaired) electrons. The van der Waals surface area contributed by atoms with E-state index in [0.29, 0.717) is 28.6 Å². The van der Waals surface area contributed by atoms with Gasteiger partial charge in [0.2, 0.25) is 0 Å². The van der Waals surface area contributed by atoms with Crippen LogP contribution in [0.15, 0.2) is 72.3 Å². The van der Waals surface area contributed by atoms with Crippen molar-refractivity contribution in [2.75, 3.05) is 5.32 Å². The van der Waals surface area contributed by atoms with Crippen LogP contribution < -0.4 is 10.1 Å². The smallest absolute Gasteiger partial charge is 0.266 e. The molecule has 0 unspecified atom stereocenters. The van der Waals surface area contributed by atoms with Crippen LogP contribution >= 0.6 is 45.8 Å². The van der Waals surface area contributed by atoms with E-state index in [4.69, 9.17) is 27.9 Å². The molecule has 3 aromatic carbocycles. The van der Waals surface area contributed by atoms with E-state index < -0.39 is 5.91 Å². The summed E-state index contributed by atoms with van der Waals surface area (Å²) in [4.78, 5) is 12.6. The molecule has 1 N–H and O–H groups in total. The Bertz CT molecular complexity index is 1140. The molecule has 3 rings (SSSR count). The molecule has 3 aromatic rings. The number of nitrogens with one attached hydrogen (secondary N) is 1. The fourth-order valence-electron chi connectivity index (χ4n) is 2.57. The van der Waals surface area contributed by atoms with Gasteiger partial charge < -0.3 is 10.1 Å². The molecule has 0 spiro atoms. The summed E-state index contributed by atoms with van der Waals surface area (Å²) in [5.74, 6) is -0.0218. The van der Waals surface area contributed by atoms with Crippen LogP contribution in [0, 0.1) is 14.9 Å². The lowest BCUT2D eigenvalue weighted by molar-refractivity contribution is -0.112. The van der Waals surface area contributed by atoms with Gasteiger partial charge in [0.05, 0.1) is 15.7 Å². The number of carbonyl (C=O) groups excluding carboxylic acids is 1. The molecule has 7 heteroatoms. The van der Waals surface area contributed by atoms with Crippen molar-refractivity contribution in [3.8, 4) is 11.8 Å². The first-order chi connectivity index (χ1) is 14.5. The maximum atomic E-state index is 12.6. The first kappa shape index (κ1) is 22.2. The highest BCUT2D eigenvalue weighted by Gasteiger charge is 2.14. The standard InChI is InChI=1S/C23H15Cl2IN2O2/c24-19-5-3-6-20(22(19)25)28-23(29)17(13-27)12-16-4-1-2-7-21(16)30-14-15-8-10-18(26)11-9-15/h1-12H,14H2,(H,28,29)/b17-12-. The predicted octanol–water partition coefficient (Wildman–Crippen LogP) is 6.72. The second-order valence-electron chi connectivity index (χ2n) is 6.18. The molecule has 0 saturated carbocycles. The zero-order valence-electron chi connectivity index (χ0n) is 15.5. The maximum absolute atomic E-state index is 12.6. The average Bonchev–Trinajstić information content (AvgIpc) is 2.75. The van der Waals surface area contributed by atoms with Gasteiger partial charge in [-0.2, -0.15) is 5.26 Å². The van der Waals surface area contributed by atoms with Gasteiger partial charge in [-0.15, -0.1) is 0 Å². The molecule has 150 valence electrons. The molecule has 0 bridgehead atoms. The van der Waals surface area contributed by atoms with Crippen LogP contribution in [0.3, 0.4) is 0 Å². The Morgan fingerprint density at radius 2 is 1.80 bits per heavy atom. The molecule has 0 aliphatic rings. The molecule has 0 aromatic heterocycles. The predicted molar refractivity (Wildman–Crippen MR) is 129 cm³/mol. The van der Waals surface area contributed by atoms with E-state index in [1.807, 2.05) is 42.5 Å². The van der Waals surface area contributed by atoms with Gasteiger partial charge in [-0.25, -0.2) is 0 Å². The molecular weight excluding hydrogens is 534 g/mol. The second-order valence-corrected chi connectivity index (χ2v) is 8.21. The van der Waals surface area contributed by atoms with Crippen LogP contribution in [-0.4, -0.2) is 5.91 Å². The molecule has 4 nitrogen and oxygen atoms in total. The number of hydrogen-bond acceptors (Lipinski definition) is 3. The highest BCUT2D eigenvalue weighted by Crippen LogP contribution is 2.30. The van der Waals surface area contributed by atoms with Crippen LogP contribution in [0.1, 0.15) is 11.1 Å². The quantitative estimate of drug-likeness (QED) is 0.211. The third-order valence-corrected chi connectivity index (χ3v) is 5.63. The number of hydrogen-bond donors (Lipinski definition) is 1. The highest BCUT2D eigenvalue weighted by molar-refractivity contribution is 14.1. The topological polar surface area (TPSA) is 62.1 Å². The lowest BCUT2D eigenvalue weighted by Gasteiger charge is -2.10. The van der Waals surface area contributed by atoms with Crippen LogP contribution in [0.5, 0.6) is 5.75 Å². The Balaban J connectivity index is 1.80. The van der Waals surface area contributed by atoms with Crippen LogP contribution in [0.25, 0.3) is 6.08 Å². The van der Waals surface area contributed by atoms with Crippen molar-refractivity contribution in [3.05, 3.63) is 97.0 Å². The monoisotopic (exact) mass is 548 g/mol. The number of rotatable bonds is 6. The lowest BCUT2D eigenvalue weighted by Crippen LogP contribution is -2.13. The number of amides is 1. The van der Waals surface area contributed by atoms with Crippen molar-refractivity contribution in [2.45, 2.75) is 6.61 Å². The molecule has 0 fully saturated rings. The Hall–Kier alpha value is -2.53. The van der Waals surface area contributed by atoms with Crippen molar-refractivity contribution < 1.29 is 9.53 Å². The number of carbonyl (C=O) groups is 1. The molecule has 0 heterocycles. The largest absolute Gasteiger partial charge is 0.488 e. The summed E-state index contributed by atoms with van der Waals surface area (Å²) >= 11 is 14.3. The van der Waals surface area contributed by atoms with Crippen LogP contribution in [0.2, 0.25) is 10.0 Å². The normalized spacial score (nSPS) is 10.9. The maximum Gasteiger partial charge on any atom is 0.266 e. The first-order valence-electron chi connectivity index (χ1n) is 8.81. The Morgan fingerprint density at radius 3 is 2.53 bits per heavy atom. The van der Waals surface area contributed by atoms with Crippen LogP contribution in [-0.2, 0) is 11.4 Å². The van der Waals surface area contributed by atoms with Gasteiger partial charge in [0.1, 0.15) is 24.0 Å². The minimum Gasteiger partial charge on any atom is -0.488 e. The number of halogens is 3. The summed E-state index contributed by atoms with van der Waals surface area (Å²) in [5, 5.41) is 12.6. The molecule has 1 amide bonds. The van der Waals surface area contributed by atoms with Crippen molar-refractivity contribution >= 4 is 63.5 Å². The van der Waals surface area contributed by atoms with E-state index in [0.717, 1.165) is 9.13 Å². The number of ether oxygens (including phenoxy) is 1. The molecule has 0 aliphatic heterocycles. The van der Waals surface area contributed by atoms with E-state index in [2.05, 4.69) is 27.9 Å².